The summed E-state index contributed by atoms with van der Waals surface area (Å²) in [5, 5.41) is 22.2. The van der Waals surface area contributed by atoms with Crippen molar-refractivity contribution in [3.05, 3.63) is 52.0 Å². The minimum atomic E-state index is 0.107. The van der Waals surface area contributed by atoms with Crippen LogP contribution in [0.5, 0.6) is 11.5 Å². The number of methoxy groups -OCH3 is 1. The quantitative estimate of drug-likeness (QED) is 0.896. The fourth-order valence-electron chi connectivity index (χ4n) is 1.83. The maximum Gasteiger partial charge on any atom is 0.162 e. The largest absolute Gasteiger partial charge is 0.504 e. The van der Waals surface area contributed by atoms with Gasteiger partial charge in [0.2, 0.25) is 0 Å². The van der Waals surface area contributed by atoms with Crippen molar-refractivity contribution < 1.29 is 9.84 Å². The molecule has 0 amide bonds. The van der Waals surface area contributed by atoms with Crippen molar-refractivity contribution in [2.45, 2.75) is 6.54 Å². The zero-order valence-electron chi connectivity index (χ0n) is 10.9. The molecule has 0 saturated heterocycles. The highest BCUT2D eigenvalue weighted by atomic mass is 79.9. The van der Waals surface area contributed by atoms with Gasteiger partial charge in [-0.05, 0) is 24.3 Å². The van der Waals surface area contributed by atoms with Crippen LogP contribution in [0.25, 0.3) is 0 Å². The van der Waals surface area contributed by atoms with Crippen LogP contribution in [0.15, 0.2) is 40.9 Å². The van der Waals surface area contributed by atoms with E-state index in [1.54, 1.807) is 18.2 Å². The number of hydrogen-bond donors (Lipinski definition) is 2. The summed E-state index contributed by atoms with van der Waals surface area (Å²) in [7, 11) is 1.51. The number of nitriles is 1. The van der Waals surface area contributed by atoms with E-state index in [4.69, 9.17) is 10.00 Å². The van der Waals surface area contributed by atoms with Gasteiger partial charge in [0.05, 0.1) is 18.4 Å². The molecule has 2 rings (SSSR count). The fourth-order valence-corrected chi connectivity index (χ4v) is 2.19. The van der Waals surface area contributed by atoms with Gasteiger partial charge in [-0.15, -0.1) is 0 Å². The summed E-state index contributed by atoms with van der Waals surface area (Å²) < 4.78 is 5.95. The summed E-state index contributed by atoms with van der Waals surface area (Å²) in [6, 6.07) is 12.8. The average Bonchev–Trinajstić information content (AvgIpc) is 2.46. The maximum atomic E-state index is 10.0. The predicted octanol–water partition coefficient (Wildman–Crippen LogP) is 3.65. The number of hydrogen-bond acceptors (Lipinski definition) is 4. The van der Waals surface area contributed by atoms with Gasteiger partial charge in [0, 0.05) is 16.6 Å². The number of benzene rings is 2. The molecule has 0 aliphatic heterocycles. The molecule has 0 fully saturated rings. The summed E-state index contributed by atoms with van der Waals surface area (Å²) in [4.78, 5) is 0. The van der Waals surface area contributed by atoms with Crippen molar-refractivity contribution in [3.8, 4) is 17.6 Å². The molecule has 2 aromatic carbocycles. The SMILES string of the molecule is COc1cccc(CNc2cc(Br)ccc2C#N)c1O. The number of nitrogens with zero attached hydrogens (tertiary/aromatic N) is 1. The number of phenols is 1. The molecular formula is C15H13BrN2O2. The molecule has 0 unspecified atom stereocenters. The van der Waals surface area contributed by atoms with E-state index in [9.17, 15) is 5.11 Å². The van der Waals surface area contributed by atoms with E-state index < -0.39 is 0 Å². The molecule has 0 heterocycles. The number of para-hydroxylation sites is 1. The first-order valence-corrected chi connectivity index (χ1v) is 6.73. The Kier molecular flexibility index (Phi) is 4.49. The van der Waals surface area contributed by atoms with E-state index in [0.717, 1.165) is 4.47 Å². The van der Waals surface area contributed by atoms with E-state index in [1.807, 2.05) is 18.2 Å². The molecule has 5 heteroatoms. The van der Waals surface area contributed by atoms with E-state index in [2.05, 4.69) is 27.3 Å². The Morgan fingerprint density at radius 2 is 2.15 bits per heavy atom. The molecule has 0 radical (unpaired) electrons. The van der Waals surface area contributed by atoms with E-state index in [1.165, 1.54) is 7.11 Å². The lowest BCUT2D eigenvalue weighted by Gasteiger charge is -2.12. The summed E-state index contributed by atoms with van der Waals surface area (Å²) in [5.41, 5.74) is 1.97. The van der Waals surface area contributed by atoms with Gasteiger partial charge in [0.15, 0.2) is 11.5 Å². The van der Waals surface area contributed by atoms with Crippen LogP contribution >= 0.6 is 15.9 Å². The first-order chi connectivity index (χ1) is 9.65. The molecule has 0 atom stereocenters. The first-order valence-electron chi connectivity index (χ1n) is 5.94. The van der Waals surface area contributed by atoms with Crippen LogP contribution in [0.4, 0.5) is 5.69 Å². The number of anilines is 1. The van der Waals surface area contributed by atoms with Crippen LogP contribution in [-0.2, 0) is 6.54 Å². The van der Waals surface area contributed by atoms with Crippen molar-refractivity contribution >= 4 is 21.6 Å². The lowest BCUT2D eigenvalue weighted by molar-refractivity contribution is 0.371. The van der Waals surface area contributed by atoms with Gasteiger partial charge in [0.25, 0.3) is 0 Å². The standard InChI is InChI=1S/C15H13BrN2O2/c1-20-14-4-2-3-11(15(14)19)9-18-13-7-12(16)6-5-10(13)8-17/h2-7,18-19H,9H2,1H3. The summed E-state index contributed by atoms with van der Waals surface area (Å²) in [6.45, 7) is 0.397. The molecule has 20 heavy (non-hydrogen) atoms. The Labute approximate surface area is 125 Å². The average molecular weight is 333 g/mol. The second kappa shape index (κ2) is 6.31. The minimum absolute atomic E-state index is 0.107. The molecule has 0 spiro atoms. The molecule has 2 N–H and O–H groups in total. The number of nitrogens with one attached hydrogen (secondary N) is 1. The number of phenolic OH excluding ortho intramolecular Hbond substituents is 1. The van der Waals surface area contributed by atoms with E-state index in [0.29, 0.717) is 29.1 Å². The third-order valence-electron chi connectivity index (χ3n) is 2.87. The fraction of sp³-hybridized carbons (Fsp3) is 0.133. The normalized spacial score (nSPS) is 9.85. The van der Waals surface area contributed by atoms with Crippen LogP contribution in [0.2, 0.25) is 0 Å². The van der Waals surface area contributed by atoms with Crippen molar-refractivity contribution in [3.63, 3.8) is 0 Å². The highest BCUT2D eigenvalue weighted by Gasteiger charge is 2.08. The molecule has 4 nitrogen and oxygen atoms in total. The lowest BCUT2D eigenvalue weighted by Crippen LogP contribution is -2.02. The molecule has 0 saturated carbocycles. The van der Waals surface area contributed by atoms with E-state index in [-0.39, 0.29) is 5.75 Å². The molecule has 0 aliphatic carbocycles. The monoisotopic (exact) mass is 332 g/mol. The second-order valence-electron chi connectivity index (χ2n) is 4.12. The number of ether oxygens (including phenoxy) is 1. The number of rotatable bonds is 4. The van der Waals surface area contributed by atoms with Crippen molar-refractivity contribution in [2.24, 2.45) is 0 Å². The number of aromatic hydroxyl groups is 1. The molecule has 0 aliphatic rings. The number of halogens is 1. The smallest absolute Gasteiger partial charge is 0.162 e. The van der Waals surface area contributed by atoms with Gasteiger partial charge in [-0.1, -0.05) is 28.1 Å². The Balaban J connectivity index is 2.21. The Morgan fingerprint density at radius 1 is 1.35 bits per heavy atom. The van der Waals surface area contributed by atoms with Crippen LogP contribution < -0.4 is 10.1 Å². The summed E-state index contributed by atoms with van der Waals surface area (Å²) in [6.07, 6.45) is 0. The van der Waals surface area contributed by atoms with Crippen molar-refractivity contribution in [1.29, 1.82) is 5.26 Å². The Hall–Kier alpha value is -2.19. The van der Waals surface area contributed by atoms with Gasteiger partial charge < -0.3 is 15.2 Å². The maximum absolute atomic E-state index is 10.0. The van der Waals surface area contributed by atoms with E-state index >= 15 is 0 Å². The third kappa shape index (κ3) is 3.03. The molecule has 2 aromatic rings. The van der Waals surface area contributed by atoms with Crippen molar-refractivity contribution in [2.75, 3.05) is 12.4 Å². The second-order valence-corrected chi connectivity index (χ2v) is 5.04. The zero-order chi connectivity index (χ0) is 14.5. The molecule has 102 valence electrons. The summed E-state index contributed by atoms with van der Waals surface area (Å²) >= 11 is 3.37. The topological polar surface area (TPSA) is 65.3 Å². The van der Waals surface area contributed by atoms with Crippen molar-refractivity contribution in [1.82, 2.24) is 0 Å². The predicted molar refractivity (Wildman–Crippen MR) is 80.8 cm³/mol. The lowest BCUT2D eigenvalue weighted by atomic mass is 10.1. The van der Waals surface area contributed by atoms with Crippen LogP contribution in [0.1, 0.15) is 11.1 Å². The highest BCUT2D eigenvalue weighted by molar-refractivity contribution is 9.10. The first kappa shape index (κ1) is 14.2. The zero-order valence-corrected chi connectivity index (χ0v) is 12.4. The Bertz CT molecular complexity index is 665. The third-order valence-corrected chi connectivity index (χ3v) is 3.37. The van der Waals surface area contributed by atoms with Crippen LogP contribution in [0.3, 0.4) is 0 Å². The van der Waals surface area contributed by atoms with Gasteiger partial charge in [-0.2, -0.15) is 5.26 Å². The molecule has 0 bridgehead atoms. The van der Waals surface area contributed by atoms with Gasteiger partial charge >= 0.3 is 0 Å². The summed E-state index contributed by atoms with van der Waals surface area (Å²) in [5.74, 6) is 0.537. The van der Waals surface area contributed by atoms with Gasteiger partial charge in [0.1, 0.15) is 6.07 Å². The Morgan fingerprint density at radius 3 is 2.85 bits per heavy atom. The highest BCUT2D eigenvalue weighted by Crippen LogP contribution is 2.30. The van der Waals surface area contributed by atoms with Crippen LogP contribution in [-0.4, -0.2) is 12.2 Å². The molecular weight excluding hydrogens is 320 g/mol. The van der Waals surface area contributed by atoms with Gasteiger partial charge in [-0.3, -0.25) is 0 Å². The molecule has 0 aromatic heterocycles. The van der Waals surface area contributed by atoms with Gasteiger partial charge in [-0.25, -0.2) is 0 Å². The van der Waals surface area contributed by atoms with Crippen LogP contribution in [0, 0.1) is 11.3 Å². The minimum Gasteiger partial charge on any atom is -0.504 e.